The van der Waals surface area contributed by atoms with Crippen molar-refractivity contribution in [3.05, 3.63) is 82.0 Å². The van der Waals surface area contributed by atoms with E-state index in [0.29, 0.717) is 0 Å². The minimum Gasteiger partial charge on any atom is -0.480 e. The summed E-state index contributed by atoms with van der Waals surface area (Å²) in [5.41, 5.74) is 3.18. The molecule has 37 heavy (non-hydrogen) atoms. The monoisotopic (exact) mass is 538 g/mol. The molecule has 1 aliphatic heterocycles. The van der Waals surface area contributed by atoms with Crippen LogP contribution in [0.25, 0.3) is 16.9 Å². The zero-order valence-corrected chi connectivity index (χ0v) is 21.2. The molecule has 1 fully saturated rings. The van der Waals surface area contributed by atoms with Crippen LogP contribution in [0.3, 0.4) is 0 Å². The summed E-state index contributed by atoms with van der Waals surface area (Å²) < 4.78 is 2.05. The first kappa shape index (κ1) is 25.1. The number of aliphatic carboxylic acids is 1. The van der Waals surface area contributed by atoms with Gasteiger partial charge in [-0.1, -0.05) is 41.8 Å². The maximum atomic E-state index is 12.7. The van der Waals surface area contributed by atoms with Gasteiger partial charge in [0.1, 0.15) is 17.4 Å². The fourth-order valence-corrected chi connectivity index (χ4v) is 5.10. The van der Waals surface area contributed by atoms with E-state index in [1.54, 1.807) is 6.20 Å². The van der Waals surface area contributed by atoms with E-state index in [2.05, 4.69) is 20.6 Å². The maximum Gasteiger partial charge on any atom is 0.326 e. The lowest BCUT2D eigenvalue weighted by molar-refractivity contribution is -0.139. The number of imidazole rings is 1. The standard InChI is InChI=1S/C26H24Cl2N6O3/c27-17-13-29-14-18(28)22(17)25(35)33-21(26(36)37)12-15-6-8-16(9-7-15)34-23-20(5-3-11-31-23)32-24(34)19-4-1-2-10-30-19/h3,5-9,11,13-14,19,21,30H,1-2,4,10,12H2,(H,33,35)(H,36,37)/t19?,21-/m0/s1. The second-order valence-corrected chi connectivity index (χ2v) is 9.68. The van der Waals surface area contributed by atoms with Crippen molar-refractivity contribution >= 4 is 46.2 Å². The van der Waals surface area contributed by atoms with Crippen molar-refractivity contribution in [2.24, 2.45) is 0 Å². The Hall–Kier alpha value is -3.53. The Morgan fingerprint density at radius 2 is 1.89 bits per heavy atom. The maximum absolute atomic E-state index is 12.7. The lowest BCUT2D eigenvalue weighted by Crippen LogP contribution is -2.42. The lowest BCUT2D eigenvalue weighted by atomic mass is 10.0. The molecule has 0 spiro atoms. The molecular formula is C26H24Cl2N6O3. The summed E-state index contributed by atoms with van der Waals surface area (Å²) in [5, 5.41) is 15.9. The van der Waals surface area contributed by atoms with Crippen molar-refractivity contribution in [1.82, 2.24) is 30.2 Å². The van der Waals surface area contributed by atoms with Crippen molar-refractivity contribution in [2.45, 2.75) is 37.8 Å². The molecule has 0 saturated carbocycles. The van der Waals surface area contributed by atoms with E-state index in [9.17, 15) is 14.7 Å². The number of aromatic nitrogens is 4. The van der Waals surface area contributed by atoms with Crippen molar-refractivity contribution in [3.8, 4) is 5.69 Å². The molecular weight excluding hydrogens is 515 g/mol. The summed E-state index contributed by atoms with van der Waals surface area (Å²) in [6.07, 6.45) is 7.64. The highest BCUT2D eigenvalue weighted by atomic mass is 35.5. The number of rotatable bonds is 7. The van der Waals surface area contributed by atoms with E-state index in [1.807, 2.05) is 41.0 Å². The van der Waals surface area contributed by atoms with Crippen LogP contribution in [0.5, 0.6) is 0 Å². The number of piperidine rings is 1. The smallest absolute Gasteiger partial charge is 0.326 e. The molecule has 3 aromatic heterocycles. The number of halogens is 2. The van der Waals surface area contributed by atoms with Gasteiger partial charge in [-0.15, -0.1) is 0 Å². The number of fused-ring (bicyclic) bond motifs is 1. The fraction of sp³-hybridized carbons (Fsp3) is 0.269. The van der Waals surface area contributed by atoms with Gasteiger partial charge in [0.15, 0.2) is 5.65 Å². The van der Waals surface area contributed by atoms with Gasteiger partial charge in [0.2, 0.25) is 0 Å². The van der Waals surface area contributed by atoms with Crippen LogP contribution in [0, 0.1) is 0 Å². The number of pyridine rings is 2. The van der Waals surface area contributed by atoms with Crippen LogP contribution in [0.1, 0.15) is 47.1 Å². The van der Waals surface area contributed by atoms with Gasteiger partial charge in [-0.2, -0.15) is 0 Å². The molecule has 0 bridgehead atoms. The topological polar surface area (TPSA) is 122 Å². The molecule has 0 radical (unpaired) electrons. The van der Waals surface area contributed by atoms with Crippen LogP contribution < -0.4 is 10.6 Å². The normalized spacial score (nSPS) is 16.4. The SMILES string of the molecule is O=C(N[C@@H](Cc1ccc(-n2c(C3CCCCN3)nc3cccnc32)cc1)C(=O)O)c1c(Cl)cncc1Cl. The van der Waals surface area contributed by atoms with Gasteiger partial charge >= 0.3 is 5.97 Å². The average Bonchev–Trinajstić information content (AvgIpc) is 3.29. The predicted molar refractivity (Wildman–Crippen MR) is 140 cm³/mol. The minimum atomic E-state index is -1.18. The first-order valence-corrected chi connectivity index (χ1v) is 12.7. The Balaban J connectivity index is 1.40. The van der Waals surface area contributed by atoms with Gasteiger partial charge in [0, 0.05) is 30.7 Å². The van der Waals surface area contributed by atoms with Gasteiger partial charge in [-0.3, -0.25) is 14.3 Å². The van der Waals surface area contributed by atoms with Gasteiger partial charge in [0.25, 0.3) is 5.91 Å². The lowest BCUT2D eigenvalue weighted by Gasteiger charge is -2.24. The summed E-state index contributed by atoms with van der Waals surface area (Å²) in [7, 11) is 0. The van der Waals surface area contributed by atoms with Gasteiger partial charge in [0.05, 0.1) is 21.7 Å². The Kier molecular flexibility index (Phi) is 7.36. The fourth-order valence-electron chi connectivity index (χ4n) is 4.57. The molecule has 11 heteroatoms. The third-order valence-corrected chi connectivity index (χ3v) is 6.96. The number of hydrogen-bond acceptors (Lipinski definition) is 6. The van der Waals surface area contributed by atoms with Crippen molar-refractivity contribution in [2.75, 3.05) is 6.54 Å². The number of carboxylic acid groups (broad SMARTS) is 1. The molecule has 5 rings (SSSR count). The molecule has 2 atom stereocenters. The number of amides is 1. The minimum absolute atomic E-state index is 0.0109. The Bertz CT molecular complexity index is 1430. The van der Waals surface area contributed by atoms with E-state index in [1.165, 1.54) is 12.4 Å². The van der Waals surface area contributed by atoms with E-state index in [-0.39, 0.29) is 28.1 Å². The highest BCUT2D eigenvalue weighted by Crippen LogP contribution is 2.29. The van der Waals surface area contributed by atoms with Gasteiger partial charge < -0.3 is 15.7 Å². The largest absolute Gasteiger partial charge is 0.480 e. The van der Waals surface area contributed by atoms with Crippen LogP contribution >= 0.6 is 23.2 Å². The van der Waals surface area contributed by atoms with Crippen molar-refractivity contribution in [3.63, 3.8) is 0 Å². The second-order valence-electron chi connectivity index (χ2n) is 8.87. The number of benzene rings is 1. The Labute approximate surface area is 222 Å². The molecule has 0 aliphatic carbocycles. The van der Waals surface area contributed by atoms with Crippen molar-refractivity contribution < 1.29 is 14.7 Å². The van der Waals surface area contributed by atoms with Crippen LogP contribution in [-0.2, 0) is 11.2 Å². The summed E-state index contributed by atoms with van der Waals surface area (Å²) in [6.45, 7) is 0.943. The predicted octanol–water partition coefficient (Wildman–Crippen LogP) is 4.36. The number of nitrogens with one attached hydrogen (secondary N) is 2. The third-order valence-electron chi connectivity index (χ3n) is 6.38. The molecule has 9 nitrogen and oxygen atoms in total. The Morgan fingerprint density at radius 1 is 1.14 bits per heavy atom. The number of carbonyl (C=O) groups is 2. The van der Waals surface area contributed by atoms with Gasteiger partial charge in [-0.05, 0) is 49.2 Å². The first-order chi connectivity index (χ1) is 17.9. The van der Waals surface area contributed by atoms with E-state index >= 15 is 0 Å². The molecule has 1 unspecified atom stereocenters. The molecule has 1 aliphatic rings. The summed E-state index contributed by atoms with van der Waals surface area (Å²) >= 11 is 12.1. The molecule has 190 valence electrons. The quantitative estimate of drug-likeness (QED) is 0.319. The van der Waals surface area contributed by atoms with Crippen molar-refractivity contribution in [1.29, 1.82) is 0 Å². The molecule has 1 aromatic carbocycles. The number of nitrogens with zero attached hydrogens (tertiary/aromatic N) is 4. The zero-order valence-electron chi connectivity index (χ0n) is 19.7. The van der Waals surface area contributed by atoms with E-state index in [4.69, 9.17) is 28.2 Å². The molecule has 1 saturated heterocycles. The summed E-state index contributed by atoms with van der Waals surface area (Å²) in [5.74, 6) is -0.945. The van der Waals surface area contributed by atoms with Crippen LogP contribution in [0.15, 0.2) is 55.0 Å². The summed E-state index contributed by atoms with van der Waals surface area (Å²) in [4.78, 5) is 37.9. The number of hydrogen-bond donors (Lipinski definition) is 3. The molecule has 4 heterocycles. The Morgan fingerprint density at radius 3 is 2.57 bits per heavy atom. The van der Waals surface area contributed by atoms with Gasteiger partial charge in [-0.25, -0.2) is 14.8 Å². The van der Waals surface area contributed by atoms with Crippen LogP contribution in [-0.4, -0.2) is 49.1 Å². The van der Waals surface area contributed by atoms with E-state index < -0.39 is 17.9 Å². The first-order valence-electron chi connectivity index (χ1n) is 11.9. The second kappa shape index (κ2) is 10.8. The highest BCUT2D eigenvalue weighted by Gasteiger charge is 2.25. The number of carboxylic acids is 1. The van der Waals surface area contributed by atoms with Crippen LogP contribution in [0.4, 0.5) is 0 Å². The summed E-state index contributed by atoms with van der Waals surface area (Å²) in [6, 6.07) is 10.3. The third kappa shape index (κ3) is 5.29. The van der Waals surface area contributed by atoms with E-state index in [0.717, 1.165) is 54.0 Å². The molecule has 4 aromatic rings. The number of carbonyl (C=O) groups excluding carboxylic acids is 1. The zero-order chi connectivity index (χ0) is 25.9. The molecule has 3 N–H and O–H groups in total. The average molecular weight is 539 g/mol. The highest BCUT2D eigenvalue weighted by molar-refractivity contribution is 6.39. The molecule has 1 amide bonds. The van der Waals surface area contributed by atoms with Crippen LogP contribution in [0.2, 0.25) is 10.0 Å².